The van der Waals surface area contributed by atoms with Crippen LogP contribution >= 0.6 is 0 Å². The van der Waals surface area contributed by atoms with E-state index in [4.69, 9.17) is 4.74 Å². The van der Waals surface area contributed by atoms with E-state index in [-0.39, 0.29) is 11.4 Å². The van der Waals surface area contributed by atoms with Crippen molar-refractivity contribution in [2.75, 3.05) is 0 Å². The molecule has 0 radical (unpaired) electrons. The van der Waals surface area contributed by atoms with Crippen molar-refractivity contribution in [1.29, 1.82) is 0 Å². The van der Waals surface area contributed by atoms with Gasteiger partial charge in [0, 0.05) is 6.20 Å². The molecule has 0 fully saturated rings. The summed E-state index contributed by atoms with van der Waals surface area (Å²) in [5, 5.41) is 9.84. The van der Waals surface area contributed by atoms with E-state index in [0.29, 0.717) is 5.75 Å². The van der Waals surface area contributed by atoms with Crippen LogP contribution < -0.4 is 4.74 Å². The standard InChI is InChI=1S/C22H20FNO3/c1-14-11-17(12-15(2)21(14)25)8-7-16-9-10-19(24-13-16)22(26)27-20-6-4-3-5-18(20)23/h3-6,9-13,25H,7-8H2,1-2H3. The van der Waals surface area contributed by atoms with Gasteiger partial charge in [0.1, 0.15) is 11.4 Å². The maximum atomic E-state index is 13.6. The SMILES string of the molecule is Cc1cc(CCc2ccc(C(=O)Oc3ccccc3F)nc2)cc(C)c1O. The summed E-state index contributed by atoms with van der Waals surface area (Å²) in [7, 11) is 0. The first-order valence-electron chi connectivity index (χ1n) is 8.65. The molecule has 1 aromatic heterocycles. The number of aryl methyl sites for hydroxylation is 4. The molecule has 5 heteroatoms. The van der Waals surface area contributed by atoms with E-state index in [1.807, 2.05) is 32.0 Å². The lowest BCUT2D eigenvalue weighted by molar-refractivity contribution is 0.0721. The molecule has 0 spiro atoms. The fourth-order valence-electron chi connectivity index (χ4n) is 2.85. The number of phenolic OH excluding ortho intramolecular Hbond substituents is 1. The van der Waals surface area contributed by atoms with Crippen LogP contribution in [0.4, 0.5) is 4.39 Å². The molecule has 0 aliphatic rings. The fraction of sp³-hybridized carbons (Fsp3) is 0.182. The smallest absolute Gasteiger partial charge is 0.362 e. The number of pyridine rings is 1. The van der Waals surface area contributed by atoms with Gasteiger partial charge in [-0.25, -0.2) is 14.2 Å². The second-order valence-corrected chi connectivity index (χ2v) is 6.45. The minimum Gasteiger partial charge on any atom is -0.507 e. The maximum absolute atomic E-state index is 13.6. The summed E-state index contributed by atoms with van der Waals surface area (Å²) >= 11 is 0. The summed E-state index contributed by atoms with van der Waals surface area (Å²) in [6.07, 6.45) is 3.17. The fourth-order valence-corrected chi connectivity index (χ4v) is 2.85. The number of esters is 1. The van der Waals surface area contributed by atoms with Crippen LogP contribution in [0.3, 0.4) is 0 Å². The highest BCUT2D eigenvalue weighted by Gasteiger charge is 2.13. The Morgan fingerprint density at radius 3 is 2.33 bits per heavy atom. The topological polar surface area (TPSA) is 59.4 Å². The lowest BCUT2D eigenvalue weighted by Gasteiger charge is -2.08. The number of para-hydroxylation sites is 1. The van der Waals surface area contributed by atoms with Crippen molar-refractivity contribution in [1.82, 2.24) is 4.98 Å². The van der Waals surface area contributed by atoms with Crippen molar-refractivity contribution in [3.63, 3.8) is 0 Å². The number of aromatic hydroxyl groups is 1. The van der Waals surface area contributed by atoms with Gasteiger partial charge in [-0.05, 0) is 67.1 Å². The molecule has 0 atom stereocenters. The molecule has 0 saturated heterocycles. The summed E-state index contributed by atoms with van der Waals surface area (Å²) < 4.78 is 18.6. The van der Waals surface area contributed by atoms with Crippen molar-refractivity contribution in [3.05, 3.63) is 88.5 Å². The number of rotatable bonds is 5. The summed E-state index contributed by atoms with van der Waals surface area (Å²) in [6.45, 7) is 3.76. The van der Waals surface area contributed by atoms with Gasteiger partial charge >= 0.3 is 5.97 Å². The first-order valence-corrected chi connectivity index (χ1v) is 8.65. The summed E-state index contributed by atoms with van der Waals surface area (Å²) in [4.78, 5) is 16.2. The number of carbonyl (C=O) groups is 1. The van der Waals surface area contributed by atoms with Gasteiger partial charge in [-0.3, -0.25) is 0 Å². The Balaban J connectivity index is 1.63. The molecule has 3 rings (SSSR count). The first kappa shape index (κ1) is 18.6. The van der Waals surface area contributed by atoms with Crippen LogP contribution in [0.15, 0.2) is 54.7 Å². The number of nitrogens with zero attached hydrogens (tertiary/aromatic N) is 1. The van der Waals surface area contributed by atoms with Gasteiger partial charge < -0.3 is 9.84 Å². The second kappa shape index (κ2) is 7.99. The third-order valence-corrected chi connectivity index (χ3v) is 4.33. The van der Waals surface area contributed by atoms with E-state index in [0.717, 1.165) is 35.1 Å². The molecule has 0 unspecified atom stereocenters. The number of ether oxygens (including phenoxy) is 1. The highest BCUT2D eigenvalue weighted by Crippen LogP contribution is 2.23. The number of hydrogen-bond acceptors (Lipinski definition) is 4. The van der Waals surface area contributed by atoms with Crippen LogP contribution in [0.2, 0.25) is 0 Å². The summed E-state index contributed by atoms with van der Waals surface area (Å²) in [6, 6.07) is 13.1. The molecule has 1 heterocycles. The second-order valence-electron chi connectivity index (χ2n) is 6.45. The predicted molar refractivity (Wildman–Crippen MR) is 101 cm³/mol. The van der Waals surface area contributed by atoms with Gasteiger partial charge in [0.05, 0.1) is 0 Å². The van der Waals surface area contributed by atoms with Crippen LogP contribution in [0, 0.1) is 19.7 Å². The molecular weight excluding hydrogens is 345 g/mol. The molecule has 2 aromatic carbocycles. The van der Waals surface area contributed by atoms with Crippen molar-refractivity contribution < 1.29 is 19.0 Å². The lowest BCUT2D eigenvalue weighted by Crippen LogP contribution is -2.11. The van der Waals surface area contributed by atoms with Gasteiger partial charge in [-0.1, -0.05) is 30.3 Å². The Hall–Kier alpha value is -3.21. The molecule has 0 aliphatic carbocycles. The number of aromatic nitrogens is 1. The molecule has 3 aromatic rings. The zero-order valence-corrected chi connectivity index (χ0v) is 15.2. The highest BCUT2D eigenvalue weighted by atomic mass is 19.1. The van der Waals surface area contributed by atoms with Crippen LogP contribution in [0.1, 0.15) is 32.7 Å². The van der Waals surface area contributed by atoms with Gasteiger partial charge in [-0.15, -0.1) is 0 Å². The third-order valence-electron chi connectivity index (χ3n) is 4.33. The Morgan fingerprint density at radius 2 is 1.70 bits per heavy atom. The monoisotopic (exact) mass is 365 g/mol. The largest absolute Gasteiger partial charge is 0.507 e. The molecule has 0 bridgehead atoms. The molecule has 0 amide bonds. The Morgan fingerprint density at radius 1 is 1.04 bits per heavy atom. The maximum Gasteiger partial charge on any atom is 0.362 e. The highest BCUT2D eigenvalue weighted by molar-refractivity contribution is 5.88. The summed E-state index contributed by atoms with van der Waals surface area (Å²) in [5.41, 5.74) is 3.94. The molecule has 1 N–H and O–H groups in total. The average molecular weight is 365 g/mol. The van der Waals surface area contributed by atoms with E-state index in [2.05, 4.69) is 4.98 Å². The van der Waals surface area contributed by atoms with E-state index >= 15 is 0 Å². The molecule has 0 aliphatic heterocycles. The van der Waals surface area contributed by atoms with Crippen molar-refractivity contribution in [2.24, 2.45) is 0 Å². The first-order chi connectivity index (χ1) is 12.9. The van der Waals surface area contributed by atoms with E-state index in [1.165, 1.54) is 18.2 Å². The van der Waals surface area contributed by atoms with E-state index in [9.17, 15) is 14.3 Å². The zero-order valence-electron chi connectivity index (χ0n) is 15.2. The van der Waals surface area contributed by atoms with E-state index in [1.54, 1.807) is 18.3 Å². The van der Waals surface area contributed by atoms with Crippen LogP contribution in [-0.4, -0.2) is 16.1 Å². The van der Waals surface area contributed by atoms with Gasteiger partial charge in [-0.2, -0.15) is 0 Å². The minimum absolute atomic E-state index is 0.119. The lowest BCUT2D eigenvalue weighted by atomic mass is 10.0. The summed E-state index contributed by atoms with van der Waals surface area (Å²) in [5.74, 6) is -1.08. The number of hydrogen-bond donors (Lipinski definition) is 1. The van der Waals surface area contributed by atoms with Crippen LogP contribution in [0.5, 0.6) is 11.5 Å². The molecule has 27 heavy (non-hydrogen) atoms. The van der Waals surface area contributed by atoms with Gasteiger partial charge in [0.15, 0.2) is 11.6 Å². The minimum atomic E-state index is -0.698. The quantitative estimate of drug-likeness (QED) is 0.532. The third kappa shape index (κ3) is 4.50. The molecule has 138 valence electrons. The van der Waals surface area contributed by atoms with Crippen molar-refractivity contribution in [3.8, 4) is 11.5 Å². The number of phenols is 1. The van der Waals surface area contributed by atoms with Crippen LogP contribution in [-0.2, 0) is 12.8 Å². The molecular formula is C22H20FNO3. The van der Waals surface area contributed by atoms with Crippen molar-refractivity contribution >= 4 is 5.97 Å². The number of benzene rings is 2. The number of halogens is 1. The Kier molecular flexibility index (Phi) is 5.50. The molecule has 0 saturated carbocycles. The van der Waals surface area contributed by atoms with Gasteiger partial charge in [0.25, 0.3) is 0 Å². The number of carbonyl (C=O) groups excluding carboxylic acids is 1. The Labute approximate surface area is 157 Å². The average Bonchev–Trinajstić information content (AvgIpc) is 2.66. The van der Waals surface area contributed by atoms with Crippen LogP contribution in [0.25, 0.3) is 0 Å². The van der Waals surface area contributed by atoms with Gasteiger partial charge in [0.2, 0.25) is 0 Å². The van der Waals surface area contributed by atoms with E-state index < -0.39 is 11.8 Å². The zero-order chi connectivity index (χ0) is 19.4. The van der Waals surface area contributed by atoms with Crippen molar-refractivity contribution in [2.45, 2.75) is 26.7 Å². The predicted octanol–water partition coefficient (Wildman–Crippen LogP) is 4.55. The normalized spacial score (nSPS) is 10.6. The molecule has 4 nitrogen and oxygen atoms in total. The Bertz CT molecular complexity index is 945.